The molecule has 6 nitrogen and oxygen atoms in total. The molecule has 0 aliphatic heterocycles. The molecule has 0 radical (unpaired) electrons. The highest BCUT2D eigenvalue weighted by atomic mass is 16.6. The number of ether oxygens (including phenoxy) is 1. The molecule has 1 atom stereocenters. The van der Waals surface area contributed by atoms with Gasteiger partial charge in [-0.25, -0.2) is 4.98 Å². The smallest absolute Gasteiger partial charge is 0.291 e. The lowest BCUT2D eigenvalue weighted by Crippen LogP contribution is -2.34. The molecule has 1 N–H and O–H groups in total. The molecule has 2 rings (SSSR count). The molecule has 1 aliphatic carbocycles. The van der Waals surface area contributed by atoms with Crippen LogP contribution in [0.3, 0.4) is 0 Å². The largest absolute Gasteiger partial charge is 0.481 e. The van der Waals surface area contributed by atoms with E-state index in [2.05, 4.69) is 17.2 Å². The zero-order valence-corrected chi connectivity index (χ0v) is 12.0. The predicted molar refractivity (Wildman–Crippen MR) is 76.0 cm³/mol. The van der Waals surface area contributed by atoms with Crippen molar-refractivity contribution in [3.8, 4) is 5.88 Å². The van der Waals surface area contributed by atoms with Crippen LogP contribution in [0.5, 0.6) is 5.88 Å². The molecule has 1 aromatic rings. The van der Waals surface area contributed by atoms with Crippen LogP contribution in [0, 0.1) is 16.0 Å². The number of hydrogen-bond donors (Lipinski definition) is 1. The summed E-state index contributed by atoms with van der Waals surface area (Å²) in [7, 11) is 1.52. The molecule has 110 valence electrons. The summed E-state index contributed by atoms with van der Waals surface area (Å²) in [5, 5.41) is 14.6. The molecule has 20 heavy (non-hydrogen) atoms. The first-order valence-electron chi connectivity index (χ1n) is 7.07. The summed E-state index contributed by atoms with van der Waals surface area (Å²) in [6.07, 6.45) is 4.02. The highest BCUT2D eigenvalue weighted by molar-refractivity contribution is 5.38. The van der Waals surface area contributed by atoms with Crippen LogP contribution in [0.25, 0.3) is 0 Å². The van der Waals surface area contributed by atoms with E-state index in [-0.39, 0.29) is 16.7 Å². The summed E-state index contributed by atoms with van der Waals surface area (Å²) in [5.41, 5.74) is 0.588. The van der Waals surface area contributed by atoms with E-state index in [1.54, 1.807) is 0 Å². The SMILES string of the molecule is CCCNC(Cc1nc(OC)ccc1[N+](=O)[O-])C1CC1. The predicted octanol–water partition coefficient (Wildman–Crippen LogP) is 2.32. The van der Waals surface area contributed by atoms with E-state index in [1.165, 1.54) is 32.1 Å². The minimum absolute atomic E-state index is 0.0785. The second kappa shape index (κ2) is 6.65. The van der Waals surface area contributed by atoms with Gasteiger partial charge in [-0.3, -0.25) is 10.1 Å². The number of hydrogen-bond acceptors (Lipinski definition) is 5. The van der Waals surface area contributed by atoms with Crippen molar-refractivity contribution < 1.29 is 9.66 Å². The summed E-state index contributed by atoms with van der Waals surface area (Å²) in [6.45, 7) is 3.04. The van der Waals surface area contributed by atoms with Gasteiger partial charge in [0.05, 0.1) is 12.0 Å². The van der Waals surface area contributed by atoms with Crippen LogP contribution in [-0.2, 0) is 6.42 Å². The van der Waals surface area contributed by atoms with Crippen LogP contribution in [0.2, 0.25) is 0 Å². The van der Waals surface area contributed by atoms with Crippen molar-refractivity contribution in [3.63, 3.8) is 0 Å². The van der Waals surface area contributed by atoms with Crippen molar-refractivity contribution >= 4 is 5.69 Å². The van der Waals surface area contributed by atoms with Gasteiger partial charge in [0.25, 0.3) is 5.69 Å². The summed E-state index contributed by atoms with van der Waals surface area (Å²) >= 11 is 0. The Bertz CT molecular complexity index is 475. The molecule has 1 fully saturated rings. The molecule has 1 saturated carbocycles. The molecule has 0 amide bonds. The van der Waals surface area contributed by atoms with Crippen LogP contribution < -0.4 is 10.1 Å². The Labute approximate surface area is 118 Å². The van der Waals surface area contributed by atoms with E-state index in [9.17, 15) is 10.1 Å². The van der Waals surface area contributed by atoms with Crippen molar-refractivity contribution in [1.29, 1.82) is 0 Å². The van der Waals surface area contributed by atoms with Crippen molar-refractivity contribution in [2.24, 2.45) is 5.92 Å². The number of nitrogens with one attached hydrogen (secondary N) is 1. The van der Waals surface area contributed by atoms with Gasteiger partial charge in [0, 0.05) is 24.6 Å². The summed E-state index contributed by atoms with van der Waals surface area (Å²) in [5.74, 6) is 1.05. The summed E-state index contributed by atoms with van der Waals surface area (Å²) in [4.78, 5) is 15.0. The lowest BCUT2D eigenvalue weighted by Gasteiger charge is -2.17. The topological polar surface area (TPSA) is 77.3 Å². The van der Waals surface area contributed by atoms with Gasteiger partial charge in [-0.05, 0) is 31.7 Å². The summed E-state index contributed by atoms with van der Waals surface area (Å²) in [6, 6.07) is 3.28. The molecule has 1 unspecified atom stereocenters. The first-order valence-corrected chi connectivity index (χ1v) is 7.07. The van der Waals surface area contributed by atoms with Gasteiger partial charge >= 0.3 is 0 Å². The van der Waals surface area contributed by atoms with Gasteiger partial charge in [-0.1, -0.05) is 6.92 Å². The molecule has 1 aromatic heterocycles. The Balaban J connectivity index is 2.17. The van der Waals surface area contributed by atoms with Crippen molar-refractivity contribution in [3.05, 3.63) is 27.9 Å². The van der Waals surface area contributed by atoms with E-state index in [0.29, 0.717) is 23.9 Å². The third kappa shape index (κ3) is 3.66. The second-order valence-corrected chi connectivity index (χ2v) is 5.18. The Morgan fingerprint density at radius 1 is 1.55 bits per heavy atom. The maximum absolute atomic E-state index is 11.1. The van der Waals surface area contributed by atoms with E-state index < -0.39 is 0 Å². The summed E-state index contributed by atoms with van der Waals surface area (Å²) < 4.78 is 5.07. The Kier molecular flexibility index (Phi) is 4.89. The second-order valence-electron chi connectivity index (χ2n) is 5.18. The third-order valence-corrected chi connectivity index (χ3v) is 3.59. The van der Waals surface area contributed by atoms with Crippen LogP contribution in [0.15, 0.2) is 12.1 Å². The van der Waals surface area contributed by atoms with E-state index in [1.807, 2.05) is 0 Å². The lowest BCUT2D eigenvalue weighted by molar-refractivity contribution is -0.386. The Morgan fingerprint density at radius 2 is 2.30 bits per heavy atom. The van der Waals surface area contributed by atoms with E-state index in [4.69, 9.17) is 4.74 Å². The van der Waals surface area contributed by atoms with Crippen LogP contribution in [0.1, 0.15) is 31.9 Å². The van der Waals surface area contributed by atoms with Crippen molar-refractivity contribution in [1.82, 2.24) is 10.3 Å². The quantitative estimate of drug-likeness (QED) is 0.583. The normalized spacial score (nSPS) is 15.9. The molecule has 1 heterocycles. The number of aromatic nitrogens is 1. The highest BCUT2D eigenvalue weighted by Gasteiger charge is 2.32. The zero-order valence-electron chi connectivity index (χ0n) is 12.0. The molecule has 0 bridgehead atoms. The molecule has 0 spiro atoms. The first kappa shape index (κ1) is 14.7. The van der Waals surface area contributed by atoms with E-state index in [0.717, 1.165) is 13.0 Å². The average molecular weight is 279 g/mol. The van der Waals surface area contributed by atoms with Gasteiger partial charge in [0.15, 0.2) is 0 Å². The fourth-order valence-corrected chi connectivity index (χ4v) is 2.35. The Morgan fingerprint density at radius 3 is 2.85 bits per heavy atom. The minimum Gasteiger partial charge on any atom is -0.481 e. The number of rotatable bonds is 8. The van der Waals surface area contributed by atoms with Gasteiger partial charge in [-0.2, -0.15) is 0 Å². The van der Waals surface area contributed by atoms with Crippen molar-refractivity contribution in [2.75, 3.05) is 13.7 Å². The lowest BCUT2D eigenvalue weighted by atomic mass is 10.0. The molecule has 0 saturated heterocycles. The van der Waals surface area contributed by atoms with E-state index >= 15 is 0 Å². The highest BCUT2D eigenvalue weighted by Crippen LogP contribution is 2.35. The minimum atomic E-state index is -0.369. The third-order valence-electron chi connectivity index (χ3n) is 3.59. The maximum Gasteiger partial charge on any atom is 0.291 e. The van der Waals surface area contributed by atoms with Crippen LogP contribution in [-0.4, -0.2) is 29.6 Å². The standard InChI is InChI=1S/C14H21N3O3/c1-3-8-15-11(10-4-5-10)9-12-13(17(18)19)6-7-14(16-12)20-2/h6-7,10-11,15H,3-5,8-9H2,1-2H3. The monoisotopic (exact) mass is 279 g/mol. The molecular formula is C14H21N3O3. The zero-order chi connectivity index (χ0) is 14.5. The fraction of sp³-hybridized carbons (Fsp3) is 0.643. The number of nitro groups is 1. The maximum atomic E-state index is 11.1. The van der Waals surface area contributed by atoms with Gasteiger partial charge in [-0.15, -0.1) is 0 Å². The van der Waals surface area contributed by atoms with Gasteiger partial charge in [0.1, 0.15) is 5.69 Å². The molecular weight excluding hydrogens is 258 g/mol. The average Bonchev–Trinajstić information content (AvgIpc) is 3.27. The van der Waals surface area contributed by atoms with Crippen LogP contribution >= 0.6 is 0 Å². The molecule has 1 aliphatic rings. The first-order chi connectivity index (χ1) is 9.65. The number of pyridine rings is 1. The molecule has 0 aromatic carbocycles. The molecule has 6 heteroatoms. The fourth-order valence-electron chi connectivity index (χ4n) is 2.35. The Hall–Kier alpha value is -1.69. The number of nitrogens with zero attached hydrogens (tertiary/aromatic N) is 2. The number of methoxy groups -OCH3 is 1. The van der Waals surface area contributed by atoms with Gasteiger partial charge < -0.3 is 10.1 Å². The van der Waals surface area contributed by atoms with Crippen LogP contribution in [0.4, 0.5) is 5.69 Å². The van der Waals surface area contributed by atoms with Gasteiger partial charge in [0.2, 0.25) is 5.88 Å². The van der Waals surface area contributed by atoms with Crippen molar-refractivity contribution in [2.45, 2.75) is 38.6 Å².